The molecule has 0 N–H and O–H groups in total. The SMILES string of the molecule is CCC(Oc1c(C)cc(Cc2cc(C)c(OC(CC)C3CO3)c(C)c2)cc1C)C1CO1. The quantitative estimate of drug-likeness (QED) is 0.464. The van der Waals surface area contributed by atoms with Crippen molar-refractivity contribution in [3.8, 4) is 11.5 Å². The van der Waals surface area contributed by atoms with Crippen molar-refractivity contribution in [3.05, 3.63) is 57.6 Å². The van der Waals surface area contributed by atoms with E-state index in [-0.39, 0.29) is 24.4 Å². The van der Waals surface area contributed by atoms with Gasteiger partial charge < -0.3 is 18.9 Å². The van der Waals surface area contributed by atoms with Crippen LogP contribution < -0.4 is 9.47 Å². The minimum absolute atomic E-state index is 0.147. The average molecular weight is 425 g/mol. The lowest BCUT2D eigenvalue weighted by molar-refractivity contribution is 0.153. The van der Waals surface area contributed by atoms with Crippen molar-refractivity contribution in [3.63, 3.8) is 0 Å². The molecular weight excluding hydrogens is 388 g/mol. The summed E-state index contributed by atoms with van der Waals surface area (Å²) in [7, 11) is 0. The third kappa shape index (κ3) is 5.24. The maximum atomic E-state index is 6.33. The Morgan fingerprint density at radius 2 is 1.03 bits per heavy atom. The second-order valence-corrected chi connectivity index (χ2v) is 9.17. The third-order valence-corrected chi connectivity index (χ3v) is 6.34. The molecule has 4 rings (SSSR count). The van der Waals surface area contributed by atoms with Gasteiger partial charge in [0, 0.05) is 0 Å². The van der Waals surface area contributed by atoms with Crippen LogP contribution in [0, 0.1) is 27.7 Å². The summed E-state index contributed by atoms with van der Waals surface area (Å²) in [5, 5.41) is 0. The Kier molecular flexibility index (Phi) is 6.59. The summed E-state index contributed by atoms with van der Waals surface area (Å²) in [5.41, 5.74) is 7.39. The van der Waals surface area contributed by atoms with Crippen molar-refractivity contribution >= 4 is 0 Å². The molecule has 2 aromatic rings. The monoisotopic (exact) mass is 424 g/mol. The molecule has 0 aromatic heterocycles. The van der Waals surface area contributed by atoms with Crippen LogP contribution in [0.15, 0.2) is 24.3 Å². The molecular formula is C27H36O4. The zero-order chi connectivity index (χ0) is 22.1. The summed E-state index contributed by atoms with van der Waals surface area (Å²) in [5.74, 6) is 2.02. The highest BCUT2D eigenvalue weighted by Crippen LogP contribution is 2.33. The largest absolute Gasteiger partial charge is 0.487 e. The summed E-state index contributed by atoms with van der Waals surface area (Å²) in [6.07, 6.45) is 3.63. The molecule has 4 heteroatoms. The van der Waals surface area contributed by atoms with Gasteiger partial charge in [-0.3, -0.25) is 0 Å². The van der Waals surface area contributed by atoms with Gasteiger partial charge in [0.2, 0.25) is 0 Å². The third-order valence-electron chi connectivity index (χ3n) is 6.34. The van der Waals surface area contributed by atoms with E-state index < -0.39 is 0 Å². The molecule has 2 aliphatic heterocycles. The van der Waals surface area contributed by atoms with Crippen LogP contribution in [0.1, 0.15) is 60.1 Å². The summed E-state index contributed by atoms with van der Waals surface area (Å²) < 4.78 is 23.6. The molecule has 2 aliphatic rings. The van der Waals surface area contributed by atoms with Crippen molar-refractivity contribution in [2.45, 2.75) is 85.2 Å². The van der Waals surface area contributed by atoms with E-state index in [9.17, 15) is 0 Å². The number of aryl methyl sites for hydroxylation is 4. The molecule has 0 radical (unpaired) electrons. The van der Waals surface area contributed by atoms with Gasteiger partial charge in [-0.1, -0.05) is 38.1 Å². The normalized spacial score (nSPS) is 21.5. The molecule has 168 valence electrons. The fourth-order valence-corrected chi connectivity index (χ4v) is 4.58. The smallest absolute Gasteiger partial charge is 0.127 e. The van der Waals surface area contributed by atoms with E-state index in [0.29, 0.717) is 0 Å². The second kappa shape index (κ2) is 9.22. The molecule has 2 heterocycles. The van der Waals surface area contributed by atoms with Gasteiger partial charge in [0.05, 0.1) is 13.2 Å². The molecule has 4 nitrogen and oxygen atoms in total. The molecule has 0 saturated carbocycles. The molecule has 0 bridgehead atoms. The Hall–Kier alpha value is -2.04. The van der Waals surface area contributed by atoms with Crippen molar-refractivity contribution in [1.29, 1.82) is 0 Å². The summed E-state index contributed by atoms with van der Waals surface area (Å²) in [6, 6.07) is 9.04. The van der Waals surface area contributed by atoms with Crippen molar-refractivity contribution in [1.82, 2.24) is 0 Å². The van der Waals surface area contributed by atoms with E-state index in [2.05, 4.69) is 65.8 Å². The standard InChI is InChI=1S/C27H36O4/c1-7-22(24-14-28-24)30-26-16(3)9-20(10-17(26)4)13-21-11-18(5)27(19(6)12-21)31-23(8-2)25-15-29-25/h9-12,22-25H,7-8,13-15H2,1-6H3. The molecule has 0 amide bonds. The van der Waals surface area contributed by atoms with Crippen molar-refractivity contribution in [2.75, 3.05) is 13.2 Å². The van der Waals surface area contributed by atoms with Crippen LogP contribution in [0.3, 0.4) is 0 Å². The minimum Gasteiger partial charge on any atom is -0.487 e. The molecule has 31 heavy (non-hydrogen) atoms. The first-order valence-electron chi connectivity index (χ1n) is 11.7. The number of epoxide rings is 2. The molecule has 2 saturated heterocycles. The zero-order valence-corrected chi connectivity index (χ0v) is 19.8. The van der Waals surface area contributed by atoms with Gasteiger partial charge >= 0.3 is 0 Å². The van der Waals surface area contributed by atoms with E-state index in [0.717, 1.165) is 44.0 Å². The lowest BCUT2D eigenvalue weighted by Gasteiger charge is -2.21. The Morgan fingerprint density at radius 1 is 0.710 bits per heavy atom. The first-order chi connectivity index (χ1) is 14.9. The average Bonchev–Trinajstić information content (AvgIpc) is 3.60. The number of hydrogen-bond donors (Lipinski definition) is 0. The van der Waals surface area contributed by atoms with Crippen molar-refractivity contribution < 1.29 is 18.9 Å². The molecule has 4 atom stereocenters. The Morgan fingerprint density at radius 3 is 1.29 bits per heavy atom. The maximum Gasteiger partial charge on any atom is 0.127 e. The number of ether oxygens (including phenoxy) is 4. The van der Waals surface area contributed by atoms with Crippen LogP contribution in [0.2, 0.25) is 0 Å². The van der Waals surface area contributed by atoms with Crippen LogP contribution in [0.25, 0.3) is 0 Å². The highest BCUT2D eigenvalue weighted by Gasteiger charge is 2.34. The Balaban J connectivity index is 1.49. The van der Waals surface area contributed by atoms with Gasteiger partial charge in [-0.15, -0.1) is 0 Å². The van der Waals surface area contributed by atoms with Crippen LogP contribution in [0.4, 0.5) is 0 Å². The van der Waals surface area contributed by atoms with Gasteiger partial charge in [-0.2, -0.15) is 0 Å². The predicted octanol–water partition coefficient (Wildman–Crippen LogP) is 5.62. The van der Waals surface area contributed by atoms with E-state index in [1.165, 1.54) is 33.4 Å². The van der Waals surface area contributed by atoms with E-state index in [1.807, 2.05) is 0 Å². The summed E-state index contributed by atoms with van der Waals surface area (Å²) in [6.45, 7) is 14.5. The Labute approximate surface area is 186 Å². The van der Waals surface area contributed by atoms with Crippen LogP contribution in [-0.2, 0) is 15.9 Å². The second-order valence-electron chi connectivity index (χ2n) is 9.17. The van der Waals surface area contributed by atoms with E-state index in [1.54, 1.807) is 0 Å². The fraction of sp³-hybridized carbons (Fsp3) is 0.556. The molecule has 2 aromatic carbocycles. The summed E-state index contributed by atoms with van der Waals surface area (Å²) >= 11 is 0. The van der Waals surface area contributed by atoms with E-state index in [4.69, 9.17) is 18.9 Å². The maximum absolute atomic E-state index is 6.33. The first kappa shape index (κ1) is 22.2. The van der Waals surface area contributed by atoms with E-state index >= 15 is 0 Å². The lowest BCUT2D eigenvalue weighted by atomic mass is 9.97. The lowest BCUT2D eigenvalue weighted by Crippen LogP contribution is -2.23. The number of hydrogen-bond acceptors (Lipinski definition) is 4. The van der Waals surface area contributed by atoms with Crippen molar-refractivity contribution in [2.24, 2.45) is 0 Å². The van der Waals surface area contributed by atoms with Gasteiger partial charge in [0.25, 0.3) is 0 Å². The van der Waals surface area contributed by atoms with Gasteiger partial charge in [-0.05, 0) is 80.3 Å². The summed E-state index contributed by atoms with van der Waals surface area (Å²) in [4.78, 5) is 0. The topological polar surface area (TPSA) is 43.5 Å². The van der Waals surface area contributed by atoms with Gasteiger partial charge in [0.15, 0.2) is 0 Å². The molecule has 2 fully saturated rings. The minimum atomic E-state index is 0.147. The number of rotatable bonds is 10. The molecule has 4 unspecified atom stereocenters. The first-order valence-corrected chi connectivity index (χ1v) is 11.7. The number of benzene rings is 2. The van der Waals surface area contributed by atoms with Gasteiger partial charge in [-0.25, -0.2) is 0 Å². The predicted molar refractivity (Wildman–Crippen MR) is 124 cm³/mol. The molecule has 0 spiro atoms. The van der Waals surface area contributed by atoms with Crippen LogP contribution >= 0.6 is 0 Å². The van der Waals surface area contributed by atoms with Crippen LogP contribution in [0.5, 0.6) is 11.5 Å². The zero-order valence-electron chi connectivity index (χ0n) is 19.8. The fourth-order valence-electron chi connectivity index (χ4n) is 4.58. The van der Waals surface area contributed by atoms with Gasteiger partial charge in [0.1, 0.15) is 35.9 Å². The highest BCUT2D eigenvalue weighted by atomic mass is 16.6. The molecule has 0 aliphatic carbocycles. The Bertz CT molecular complexity index is 805. The highest BCUT2D eigenvalue weighted by molar-refractivity contribution is 5.48. The van der Waals surface area contributed by atoms with Crippen LogP contribution in [-0.4, -0.2) is 37.6 Å².